The summed E-state index contributed by atoms with van der Waals surface area (Å²) in [4.78, 5) is 4.48. The van der Waals surface area contributed by atoms with Crippen LogP contribution in [0.25, 0.3) is 5.69 Å². The second-order valence-electron chi connectivity index (χ2n) is 4.61. The molecule has 0 unspecified atom stereocenters. The Bertz CT molecular complexity index is 574. The van der Waals surface area contributed by atoms with Crippen LogP contribution in [0.15, 0.2) is 24.5 Å². The average molecular weight is 243 g/mol. The number of hydrogen-bond donors (Lipinski definition) is 1. The maximum Gasteiger partial charge on any atom is 0.142 e. The van der Waals surface area contributed by atoms with Crippen molar-refractivity contribution in [1.82, 2.24) is 14.9 Å². The number of benzene rings is 1. The van der Waals surface area contributed by atoms with E-state index in [1.54, 1.807) is 7.11 Å². The minimum absolute atomic E-state index is 0.858. The molecule has 0 amide bonds. The zero-order valence-electron chi connectivity index (χ0n) is 10.7. The van der Waals surface area contributed by atoms with Crippen LogP contribution in [0.4, 0.5) is 0 Å². The van der Waals surface area contributed by atoms with Gasteiger partial charge < -0.3 is 10.1 Å². The number of rotatable bonds is 2. The molecule has 18 heavy (non-hydrogen) atoms. The molecule has 1 aromatic heterocycles. The van der Waals surface area contributed by atoms with Gasteiger partial charge in [-0.2, -0.15) is 0 Å². The van der Waals surface area contributed by atoms with Crippen LogP contribution < -0.4 is 10.1 Å². The molecule has 0 radical (unpaired) electrons. The third-order valence-electron chi connectivity index (χ3n) is 3.38. The minimum Gasteiger partial charge on any atom is -0.495 e. The van der Waals surface area contributed by atoms with Crippen LogP contribution in [0, 0.1) is 6.92 Å². The molecule has 3 rings (SSSR count). The molecule has 2 aromatic rings. The standard InChI is InChI=1S/C14H17N3O/c1-10-3-4-14(18-2)13(7-10)17-9-16-11-8-15-6-5-12(11)17/h3-4,7,9,15H,5-6,8H2,1-2H3. The molecule has 4 nitrogen and oxygen atoms in total. The number of ether oxygens (including phenoxy) is 1. The van der Waals surface area contributed by atoms with Crippen LogP contribution in [0.2, 0.25) is 0 Å². The van der Waals surface area contributed by atoms with Crippen molar-refractivity contribution >= 4 is 0 Å². The van der Waals surface area contributed by atoms with Gasteiger partial charge >= 0.3 is 0 Å². The second-order valence-corrected chi connectivity index (χ2v) is 4.61. The average Bonchev–Trinajstić information content (AvgIpc) is 2.82. The van der Waals surface area contributed by atoms with Crippen molar-refractivity contribution in [2.45, 2.75) is 19.9 Å². The Balaban J connectivity index is 2.14. The van der Waals surface area contributed by atoms with E-state index in [1.165, 1.54) is 11.3 Å². The lowest BCUT2D eigenvalue weighted by Crippen LogP contribution is -2.24. The molecule has 94 valence electrons. The molecular weight excluding hydrogens is 226 g/mol. The third-order valence-corrected chi connectivity index (χ3v) is 3.38. The highest BCUT2D eigenvalue weighted by Gasteiger charge is 2.17. The van der Waals surface area contributed by atoms with Crippen LogP contribution >= 0.6 is 0 Å². The number of hydrogen-bond acceptors (Lipinski definition) is 3. The minimum atomic E-state index is 0.858. The lowest BCUT2D eigenvalue weighted by atomic mass is 10.1. The van der Waals surface area contributed by atoms with Gasteiger partial charge in [0.05, 0.1) is 24.8 Å². The number of aryl methyl sites for hydroxylation is 1. The van der Waals surface area contributed by atoms with Gasteiger partial charge in [-0.05, 0) is 24.6 Å². The number of nitrogens with one attached hydrogen (secondary N) is 1. The maximum absolute atomic E-state index is 5.45. The summed E-state index contributed by atoms with van der Waals surface area (Å²) in [6, 6.07) is 6.22. The number of fused-ring (bicyclic) bond motifs is 1. The highest BCUT2D eigenvalue weighted by atomic mass is 16.5. The van der Waals surface area contributed by atoms with Crippen LogP contribution in [0.3, 0.4) is 0 Å². The van der Waals surface area contributed by atoms with E-state index in [0.29, 0.717) is 0 Å². The van der Waals surface area contributed by atoms with E-state index in [4.69, 9.17) is 4.74 Å². The number of nitrogens with zero attached hydrogens (tertiary/aromatic N) is 2. The van der Waals surface area contributed by atoms with E-state index in [9.17, 15) is 0 Å². The van der Waals surface area contributed by atoms with Crippen molar-refractivity contribution in [2.75, 3.05) is 13.7 Å². The summed E-state index contributed by atoms with van der Waals surface area (Å²) >= 11 is 0. The molecule has 1 aliphatic rings. The van der Waals surface area contributed by atoms with Crippen LogP contribution in [0.5, 0.6) is 5.75 Å². The maximum atomic E-state index is 5.45. The van der Waals surface area contributed by atoms with E-state index >= 15 is 0 Å². The van der Waals surface area contributed by atoms with Gasteiger partial charge in [-0.3, -0.25) is 4.57 Å². The molecule has 0 atom stereocenters. The lowest BCUT2D eigenvalue weighted by Gasteiger charge is -2.17. The molecule has 0 saturated heterocycles. The van der Waals surface area contributed by atoms with E-state index < -0.39 is 0 Å². The third kappa shape index (κ3) is 1.78. The number of methoxy groups -OCH3 is 1. The van der Waals surface area contributed by atoms with E-state index in [2.05, 4.69) is 33.9 Å². The Hall–Kier alpha value is -1.81. The van der Waals surface area contributed by atoms with Crippen molar-refractivity contribution in [3.8, 4) is 11.4 Å². The first-order chi connectivity index (χ1) is 8.79. The van der Waals surface area contributed by atoms with Gasteiger partial charge in [0.2, 0.25) is 0 Å². The molecule has 0 spiro atoms. The monoisotopic (exact) mass is 243 g/mol. The normalized spacial score (nSPS) is 14.3. The van der Waals surface area contributed by atoms with E-state index in [0.717, 1.165) is 36.6 Å². The van der Waals surface area contributed by atoms with E-state index in [-0.39, 0.29) is 0 Å². The van der Waals surface area contributed by atoms with E-state index in [1.807, 2.05) is 12.4 Å². The first kappa shape index (κ1) is 11.3. The summed E-state index contributed by atoms with van der Waals surface area (Å²) in [5, 5.41) is 3.34. The van der Waals surface area contributed by atoms with Gasteiger partial charge in [-0.15, -0.1) is 0 Å². The first-order valence-corrected chi connectivity index (χ1v) is 6.20. The number of imidazole rings is 1. The smallest absolute Gasteiger partial charge is 0.142 e. The van der Waals surface area contributed by atoms with Crippen molar-refractivity contribution in [3.63, 3.8) is 0 Å². The molecule has 0 bridgehead atoms. The van der Waals surface area contributed by atoms with Crippen LogP contribution in [-0.4, -0.2) is 23.2 Å². The molecular formula is C14H17N3O. The summed E-state index contributed by atoms with van der Waals surface area (Å²) in [5.41, 5.74) is 4.73. The SMILES string of the molecule is COc1ccc(C)cc1-n1cnc2c1CCNC2. The molecule has 4 heteroatoms. The number of aromatic nitrogens is 2. The van der Waals surface area contributed by atoms with Crippen molar-refractivity contribution in [2.24, 2.45) is 0 Å². The van der Waals surface area contributed by atoms with Gasteiger partial charge in [0.25, 0.3) is 0 Å². The Morgan fingerprint density at radius 1 is 1.39 bits per heavy atom. The largest absolute Gasteiger partial charge is 0.495 e. The van der Waals surface area contributed by atoms with Gasteiger partial charge in [0.15, 0.2) is 0 Å². The molecule has 0 aliphatic carbocycles. The predicted molar refractivity (Wildman–Crippen MR) is 70.3 cm³/mol. The molecule has 1 aliphatic heterocycles. The first-order valence-electron chi connectivity index (χ1n) is 6.20. The van der Waals surface area contributed by atoms with Crippen molar-refractivity contribution < 1.29 is 4.74 Å². The highest BCUT2D eigenvalue weighted by Crippen LogP contribution is 2.27. The molecule has 0 saturated carbocycles. The Morgan fingerprint density at radius 2 is 2.28 bits per heavy atom. The van der Waals surface area contributed by atoms with Gasteiger partial charge in [-0.25, -0.2) is 4.98 Å². The lowest BCUT2D eigenvalue weighted by molar-refractivity contribution is 0.412. The summed E-state index contributed by atoms with van der Waals surface area (Å²) < 4.78 is 7.61. The van der Waals surface area contributed by atoms with Gasteiger partial charge in [0, 0.05) is 25.2 Å². The highest BCUT2D eigenvalue weighted by molar-refractivity contribution is 5.50. The Labute approximate surface area is 107 Å². The fourth-order valence-electron chi connectivity index (χ4n) is 2.43. The predicted octanol–water partition coefficient (Wildman–Crippen LogP) is 1.84. The Morgan fingerprint density at radius 3 is 3.11 bits per heavy atom. The molecule has 1 aromatic carbocycles. The topological polar surface area (TPSA) is 39.1 Å². The summed E-state index contributed by atoms with van der Waals surface area (Å²) in [6.07, 6.45) is 2.90. The molecule has 2 heterocycles. The fraction of sp³-hybridized carbons (Fsp3) is 0.357. The second kappa shape index (κ2) is 4.46. The molecule has 0 fully saturated rings. The molecule has 1 N–H and O–H groups in total. The summed E-state index contributed by atoms with van der Waals surface area (Å²) in [6.45, 7) is 3.96. The van der Waals surface area contributed by atoms with Crippen molar-refractivity contribution in [1.29, 1.82) is 0 Å². The van der Waals surface area contributed by atoms with Crippen LogP contribution in [-0.2, 0) is 13.0 Å². The zero-order valence-corrected chi connectivity index (χ0v) is 10.7. The van der Waals surface area contributed by atoms with Gasteiger partial charge in [0.1, 0.15) is 5.75 Å². The van der Waals surface area contributed by atoms with Crippen molar-refractivity contribution in [3.05, 3.63) is 41.5 Å². The zero-order chi connectivity index (χ0) is 12.5. The summed E-state index contributed by atoms with van der Waals surface area (Å²) in [7, 11) is 1.71. The van der Waals surface area contributed by atoms with Crippen LogP contribution in [0.1, 0.15) is 17.0 Å². The van der Waals surface area contributed by atoms with Gasteiger partial charge in [-0.1, -0.05) is 6.07 Å². The fourth-order valence-corrected chi connectivity index (χ4v) is 2.43. The quantitative estimate of drug-likeness (QED) is 0.874. The summed E-state index contributed by atoms with van der Waals surface area (Å²) in [5.74, 6) is 0.888. The Kier molecular flexibility index (Phi) is 2.80.